The fourth-order valence-corrected chi connectivity index (χ4v) is 3.98. The van der Waals surface area contributed by atoms with E-state index in [0.717, 1.165) is 24.3 Å². The van der Waals surface area contributed by atoms with Gasteiger partial charge < -0.3 is 5.73 Å². The molecule has 0 radical (unpaired) electrons. The molecule has 3 N–H and O–H groups in total. The third-order valence-corrected chi connectivity index (χ3v) is 5.80. The Kier molecular flexibility index (Phi) is 6.31. The highest BCUT2D eigenvalue weighted by atomic mass is 32.2. The molecular weight excluding hydrogens is 337 g/mol. The lowest BCUT2D eigenvalue weighted by molar-refractivity contribution is -0.0328. The molecule has 0 spiro atoms. The fraction of sp³-hybridized carbons (Fsp3) is 0.538. The van der Waals surface area contributed by atoms with Crippen LogP contribution < -0.4 is 10.5 Å². The molecule has 0 saturated carbocycles. The summed E-state index contributed by atoms with van der Waals surface area (Å²) in [5, 5.41) is 0. The number of alkyl halides is 3. The SMILES string of the molecule is CCC(CC)(CN)NS(=O)(=O)c1ccc(SC(F)(F)F)cc1. The Labute approximate surface area is 132 Å². The maximum absolute atomic E-state index is 12.3. The fourth-order valence-electron chi connectivity index (χ4n) is 1.89. The van der Waals surface area contributed by atoms with Gasteiger partial charge in [-0.3, -0.25) is 0 Å². The van der Waals surface area contributed by atoms with E-state index in [1.807, 2.05) is 13.8 Å². The molecule has 1 aromatic rings. The molecule has 0 aliphatic heterocycles. The number of sulfonamides is 1. The van der Waals surface area contributed by atoms with Crippen LogP contribution in [0, 0.1) is 0 Å². The van der Waals surface area contributed by atoms with Crippen molar-refractivity contribution in [2.45, 2.75) is 47.5 Å². The molecule has 0 fully saturated rings. The molecule has 0 aromatic heterocycles. The minimum atomic E-state index is -4.40. The highest BCUT2D eigenvalue weighted by Crippen LogP contribution is 2.37. The van der Waals surface area contributed by atoms with E-state index < -0.39 is 21.1 Å². The van der Waals surface area contributed by atoms with Crippen molar-refractivity contribution in [3.05, 3.63) is 24.3 Å². The van der Waals surface area contributed by atoms with E-state index in [9.17, 15) is 21.6 Å². The van der Waals surface area contributed by atoms with E-state index >= 15 is 0 Å². The number of nitrogens with one attached hydrogen (secondary N) is 1. The molecule has 0 atom stereocenters. The lowest BCUT2D eigenvalue weighted by Crippen LogP contribution is -2.52. The molecule has 1 rings (SSSR count). The highest BCUT2D eigenvalue weighted by molar-refractivity contribution is 8.00. The summed E-state index contributed by atoms with van der Waals surface area (Å²) in [7, 11) is -3.84. The zero-order valence-corrected chi connectivity index (χ0v) is 13.9. The highest BCUT2D eigenvalue weighted by Gasteiger charge is 2.32. The molecule has 0 unspecified atom stereocenters. The van der Waals surface area contributed by atoms with Gasteiger partial charge in [-0.05, 0) is 48.9 Å². The van der Waals surface area contributed by atoms with Gasteiger partial charge in [-0.25, -0.2) is 13.1 Å². The predicted octanol–water partition coefficient (Wildman–Crippen LogP) is 3.09. The molecule has 22 heavy (non-hydrogen) atoms. The van der Waals surface area contributed by atoms with Crippen LogP contribution in [0.25, 0.3) is 0 Å². The van der Waals surface area contributed by atoms with Crippen LogP contribution in [0.5, 0.6) is 0 Å². The van der Waals surface area contributed by atoms with Crippen molar-refractivity contribution in [2.24, 2.45) is 5.73 Å². The summed E-state index contributed by atoms with van der Waals surface area (Å²) in [5.74, 6) is 0. The molecular formula is C13H19F3N2O2S2. The summed E-state index contributed by atoms with van der Waals surface area (Å²) in [6.07, 6.45) is 1.03. The Balaban J connectivity index is 2.99. The van der Waals surface area contributed by atoms with Crippen molar-refractivity contribution >= 4 is 21.8 Å². The average molecular weight is 356 g/mol. The van der Waals surface area contributed by atoms with Crippen molar-refractivity contribution in [3.63, 3.8) is 0 Å². The monoisotopic (exact) mass is 356 g/mol. The molecule has 0 aliphatic carbocycles. The van der Waals surface area contributed by atoms with Crippen molar-refractivity contribution in [1.29, 1.82) is 0 Å². The summed E-state index contributed by atoms with van der Waals surface area (Å²) >= 11 is -0.288. The quantitative estimate of drug-likeness (QED) is 0.737. The van der Waals surface area contributed by atoms with E-state index in [-0.39, 0.29) is 28.1 Å². The first kappa shape index (κ1) is 19.3. The van der Waals surface area contributed by atoms with Crippen molar-refractivity contribution in [2.75, 3.05) is 6.54 Å². The van der Waals surface area contributed by atoms with Gasteiger partial charge in [-0.15, -0.1) is 0 Å². The largest absolute Gasteiger partial charge is 0.446 e. The third kappa shape index (κ3) is 5.15. The van der Waals surface area contributed by atoms with Gasteiger partial charge in [0.05, 0.1) is 4.90 Å². The Morgan fingerprint density at radius 1 is 1.14 bits per heavy atom. The van der Waals surface area contributed by atoms with Gasteiger partial charge in [-0.1, -0.05) is 13.8 Å². The van der Waals surface area contributed by atoms with E-state index in [4.69, 9.17) is 5.73 Å². The van der Waals surface area contributed by atoms with Crippen LogP contribution in [0.2, 0.25) is 0 Å². The lowest BCUT2D eigenvalue weighted by atomic mass is 9.95. The van der Waals surface area contributed by atoms with Gasteiger partial charge in [0.1, 0.15) is 0 Å². The minimum Gasteiger partial charge on any atom is -0.329 e. The normalized spacial score (nSPS) is 13.4. The van der Waals surface area contributed by atoms with E-state index in [2.05, 4.69) is 4.72 Å². The Bertz CT molecular complexity index is 574. The number of halogens is 3. The van der Waals surface area contributed by atoms with Crippen LogP contribution in [0.1, 0.15) is 26.7 Å². The second kappa shape index (κ2) is 7.20. The molecule has 0 amide bonds. The predicted molar refractivity (Wildman–Crippen MR) is 81.0 cm³/mol. The number of rotatable bonds is 7. The van der Waals surface area contributed by atoms with Crippen LogP contribution in [0.4, 0.5) is 13.2 Å². The van der Waals surface area contributed by atoms with E-state index in [0.29, 0.717) is 12.8 Å². The van der Waals surface area contributed by atoms with Crippen molar-refractivity contribution in [3.8, 4) is 0 Å². The van der Waals surface area contributed by atoms with Crippen molar-refractivity contribution in [1.82, 2.24) is 4.72 Å². The third-order valence-electron chi connectivity index (χ3n) is 3.46. The van der Waals surface area contributed by atoms with Crippen LogP contribution in [-0.4, -0.2) is 26.0 Å². The Morgan fingerprint density at radius 3 is 2.00 bits per heavy atom. The summed E-state index contributed by atoms with van der Waals surface area (Å²) in [6.45, 7) is 3.78. The zero-order valence-electron chi connectivity index (χ0n) is 12.3. The summed E-state index contributed by atoms with van der Waals surface area (Å²) in [6, 6.07) is 4.58. The zero-order chi connectivity index (χ0) is 17.0. The van der Waals surface area contributed by atoms with Crippen LogP contribution >= 0.6 is 11.8 Å². The lowest BCUT2D eigenvalue weighted by Gasteiger charge is -2.31. The van der Waals surface area contributed by atoms with E-state index in [1.165, 1.54) is 0 Å². The van der Waals surface area contributed by atoms with Crippen molar-refractivity contribution < 1.29 is 21.6 Å². The number of hydrogen-bond acceptors (Lipinski definition) is 4. The second-order valence-corrected chi connectivity index (χ2v) is 7.64. The topological polar surface area (TPSA) is 72.2 Å². The first-order chi connectivity index (χ1) is 10.1. The molecule has 0 saturated heterocycles. The molecule has 0 aliphatic rings. The number of thioether (sulfide) groups is 1. The van der Waals surface area contributed by atoms with Gasteiger partial charge in [0.25, 0.3) is 0 Å². The van der Waals surface area contributed by atoms with Crippen LogP contribution in [0.15, 0.2) is 34.1 Å². The van der Waals surface area contributed by atoms with Gasteiger partial charge in [0.2, 0.25) is 10.0 Å². The van der Waals surface area contributed by atoms with Gasteiger partial charge >= 0.3 is 5.51 Å². The Morgan fingerprint density at radius 2 is 1.64 bits per heavy atom. The summed E-state index contributed by atoms with van der Waals surface area (Å²) in [5.41, 5.74) is 0.496. The standard InChI is InChI=1S/C13H19F3N2O2S2/c1-3-12(4-2,9-17)18-22(19,20)11-7-5-10(6-8-11)21-13(14,15)16/h5-8,18H,3-4,9,17H2,1-2H3. The molecule has 0 bridgehead atoms. The van der Waals surface area contributed by atoms with E-state index in [1.54, 1.807) is 0 Å². The maximum atomic E-state index is 12.3. The molecule has 9 heteroatoms. The first-order valence-electron chi connectivity index (χ1n) is 6.67. The summed E-state index contributed by atoms with van der Waals surface area (Å²) in [4.78, 5) is -0.152. The van der Waals surface area contributed by atoms with Crippen LogP contribution in [0.3, 0.4) is 0 Å². The van der Waals surface area contributed by atoms with Gasteiger partial charge in [-0.2, -0.15) is 13.2 Å². The second-order valence-electron chi connectivity index (χ2n) is 4.82. The molecule has 126 valence electrons. The minimum absolute atomic E-state index is 0.0671. The maximum Gasteiger partial charge on any atom is 0.446 e. The van der Waals surface area contributed by atoms with Gasteiger partial charge in [0.15, 0.2) is 0 Å². The smallest absolute Gasteiger partial charge is 0.329 e. The molecule has 4 nitrogen and oxygen atoms in total. The number of hydrogen-bond donors (Lipinski definition) is 2. The number of nitrogens with two attached hydrogens (primary N) is 1. The molecule has 0 heterocycles. The Hall–Kier alpha value is -0.770. The average Bonchev–Trinajstić information content (AvgIpc) is 2.44. The van der Waals surface area contributed by atoms with Gasteiger partial charge in [0, 0.05) is 17.0 Å². The molecule has 1 aromatic carbocycles. The first-order valence-corrected chi connectivity index (χ1v) is 8.97. The summed E-state index contributed by atoms with van der Waals surface area (Å²) < 4.78 is 64.0. The van der Waals surface area contributed by atoms with Crippen LogP contribution in [-0.2, 0) is 10.0 Å². The number of benzene rings is 1.